The number of carbonyl (C=O) groups excluding carboxylic acids is 1. The average molecular weight is 275 g/mol. The summed E-state index contributed by atoms with van der Waals surface area (Å²) >= 11 is 0. The number of carbonyl (C=O) groups is 1. The molecule has 0 unspecified atom stereocenters. The molecule has 1 aromatic heterocycles. The molecule has 0 saturated heterocycles. The highest BCUT2D eigenvalue weighted by Gasteiger charge is 2.33. The number of fused-ring (bicyclic) bond motifs is 1. The Hall–Kier alpha value is -1.35. The van der Waals surface area contributed by atoms with Gasteiger partial charge in [-0.1, -0.05) is 26.0 Å². The number of aryl methyl sites for hydroxylation is 1. The molecule has 0 saturated carbocycles. The van der Waals surface area contributed by atoms with Gasteiger partial charge in [0.25, 0.3) is 0 Å². The van der Waals surface area contributed by atoms with Gasteiger partial charge in [-0.3, -0.25) is 4.79 Å². The van der Waals surface area contributed by atoms with Gasteiger partial charge < -0.3 is 9.30 Å². The Morgan fingerprint density at radius 3 is 2.80 bits per heavy atom. The van der Waals surface area contributed by atoms with E-state index < -0.39 is 0 Å². The average Bonchev–Trinajstić information content (AvgIpc) is 2.60. The molecule has 0 bridgehead atoms. The van der Waals surface area contributed by atoms with Crippen LogP contribution in [0, 0.1) is 12.3 Å². The maximum Gasteiger partial charge on any atom is 0.165 e. The van der Waals surface area contributed by atoms with Crippen molar-refractivity contribution in [3.8, 4) is 0 Å². The first-order valence-electron chi connectivity index (χ1n) is 7.24. The van der Waals surface area contributed by atoms with Crippen molar-refractivity contribution >= 4 is 5.78 Å². The zero-order chi connectivity index (χ0) is 14.9. The van der Waals surface area contributed by atoms with Gasteiger partial charge in [-0.15, -0.1) is 0 Å². The van der Waals surface area contributed by atoms with E-state index in [4.69, 9.17) is 4.74 Å². The van der Waals surface area contributed by atoms with Crippen LogP contribution in [-0.4, -0.2) is 23.6 Å². The topological polar surface area (TPSA) is 31.2 Å². The van der Waals surface area contributed by atoms with E-state index in [0.717, 1.165) is 29.8 Å². The van der Waals surface area contributed by atoms with Crippen LogP contribution in [0.3, 0.4) is 0 Å². The van der Waals surface area contributed by atoms with E-state index in [-0.39, 0.29) is 11.2 Å². The summed E-state index contributed by atoms with van der Waals surface area (Å²) in [4.78, 5) is 12.2. The minimum atomic E-state index is 0.0607. The summed E-state index contributed by atoms with van der Waals surface area (Å²) in [5, 5.41) is 0. The molecule has 110 valence electrons. The first kappa shape index (κ1) is 15.0. The highest BCUT2D eigenvalue weighted by atomic mass is 16.5. The lowest BCUT2D eigenvalue weighted by Gasteiger charge is -2.29. The maximum atomic E-state index is 12.2. The second kappa shape index (κ2) is 5.57. The number of hydrogen-bond acceptors (Lipinski definition) is 2. The van der Waals surface area contributed by atoms with E-state index >= 15 is 0 Å². The van der Waals surface area contributed by atoms with Gasteiger partial charge in [-0.2, -0.15) is 0 Å². The van der Waals surface area contributed by atoms with E-state index in [1.807, 2.05) is 13.0 Å². The van der Waals surface area contributed by atoms with E-state index in [0.29, 0.717) is 19.6 Å². The van der Waals surface area contributed by atoms with Gasteiger partial charge in [0, 0.05) is 29.9 Å². The van der Waals surface area contributed by atoms with Gasteiger partial charge in [-0.05, 0) is 31.7 Å². The predicted molar refractivity (Wildman–Crippen MR) is 81.2 cm³/mol. The third kappa shape index (κ3) is 3.21. The van der Waals surface area contributed by atoms with Gasteiger partial charge >= 0.3 is 0 Å². The molecule has 20 heavy (non-hydrogen) atoms. The van der Waals surface area contributed by atoms with Crippen molar-refractivity contribution in [2.24, 2.45) is 5.41 Å². The molecule has 2 rings (SSSR count). The molecule has 3 heteroatoms. The predicted octanol–water partition coefficient (Wildman–Crippen LogP) is 3.54. The fraction of sp³-hybridized carbons (Fsp3) is 0.588. The van der Waals surface area contributed by atoms with Gasteiger partial charge in [0.1, 0.15) is 0 Å². The Kier molecular flexibility index (Phi) is 4.19. The third-order valence-electron chi connectivity index (χ3n) is 3.81. The smallest absolute Gasteiger partial charge is 0.165 e. The SMILES string of the molecule is C=C(C)COCCn1c(C)cc2c1CC(C)(C)CC2=O. The van der Waals surface area contributed by atoms with Crippen LogP contribution in [0.2, 0.25) is 0 Å². The van der Waals surface area contributed by atoms with Gasteiger partial charge in [0.15, 0.2) is 5.78 Å². The van der Waals surface area contributed by atoms with Crippen LogP contribution in [0.4, 0.5) is 0 Å². The fourth-order valence-electron chi connectivity index (χ4n) is 2.92. The fourth-order valence-corrected chi connectivity index (χ4v) is 2.92. The third-order valence-corrected chi connectivity index (χ3v) is 3.81. The lowest BCUT2D eigenvalue weighted by Crippen LogP contribution is -2.28. The van der Waals surface area contributed by atoms with E-state index in [1.165, 1.54) is 5.69 Å². The molecule has 0 radical (unpaired) electrons. The largest absolute Gasteiger partial charge is 0.375 e. The summed E-state index contributed by atoms with van der Waals surface area (Å²) in [5.41, 5.74) is 4.35. The summed E-state index contributed by atoms with van der Waals surface area (Å²) in [7, 11) is 0. The highest BCUT2D eigenvalue weighted by Crippen LogP contribution is 2.36. The lowest BCUT2D eigenvalue weighted by atomic mass is 9.76. The number of hydrogen-bond donors (Lipinski definition) is 0. The Morgan fingerprint density at radius 1 is 1.45 bits per heavy atom. The normalized spacial score (nSPS) is 17.1. The number of aromatic nitrogens is 1. The number of Topliss-reactive ketones (excluding diaryl/α,β-unsaturated/α-hetero) is 1. The number of rotatable bonds is 5. The van der Waals surface area contributed by atoms with Crippen molar-refractivity contribution < 1.29 is 9.53 Å². The Bertz CT molecular complexity index is 537. The molecule has 0 aliphatic heterocycles. The monoisotopic (exact) mass is 275 g/mol. The van der Waals surface area contributed by atoms with Crippen molar-refractivity contribution in [3.05, 3.63) is 35.2 Å². The summed E-state index contributed by atoms with van der Waals surface area (Å²) in [6, 6.07) is 2.03. The summed E-state index contributed by atoms with van der Waals surface area (Å²) in [5.74, 6) is 0.279. The van der Waals surface area contributed by atoms with Crippen LogP contribution in [0.5, 0.6) is 0 Å². The quantitative estimate of drug-likeness (QED) is 0.608. The Morgan fingerprint density at radius 2 is 2.15 bits per heavy atom. The van der Waals surface area contributed by atoms with E-state index in [2.05, 4.69) is 31.9 Å². The molecule has 3 nitrogen and oxygen atoms in total. The zero-order valence-corrected chi connectivity index (χ0v) is 13.1. The number of nitrogens with zero attached hydrogens (tertiary/aromatic N) is 1. The zero-order valence-electron chi connectivity index (χ0n) is 13.1. The standard InChI is InChI=1S/C17H25NO2/c1-12(2)11-20-7-6-18-13(3)8-14-15(18)9-17(4,5)10-16(14)19/h8H,1,6-7,9-11H2,2-5H3. The molecule has 0 fully saturated rings. The van der Waals surface area contributed by atoms with Crippen LogP contribution in [0.25, 0.3) is 0 Å². The van der Waals surface area contributed by atoms with E-state index in [9.17, 15) is 4.79 Å². The molecule has 0 amide bonds. The first-order valence-corrected chi connectivity index (χ1v) is 7.24. The molecule has 0 atom stereocenters. The van der Waals surface area contributed by atoms with Crippen molar-refractivity contribution in [1.29, 1.82) is 0 Å². The maximum absolute atomic E-state index is 12.2. The van der Waals surface area contributed by atoms with Crippen LogP contribution in [0.15, 0.2) is 18.2 Å². The lowest BCUT2D eigenvalue weighted by molar-refractivity contribution is 0.0908. The molecule has 0 N–H and O–H groups in total. The highest BCUT2D eigenvalue weighted by molar-refractivity contribution is 5.99. The summed E-state index contributed by atoms with van der Waals surface area (Å²) < 4.78 is 7.83. The molecular weight excluding hydrogens is 250 g/mol. The van der Waals surface area contributed by atoms with Crippen molar-refractivity contribution in [1.82, 2.24) is 4.57 Å². The molecule has 1 heterocycles. The van der Waals surface area contributed by atoms with Gasteiger partial charge in [0.05, 0.1) is 13.2 Å². The molecule has 0 aromatic carbocycles. The second-order valence-electron chi connectivity index (χ2n) is 6.75. The van der Waals surface area contributed by atoms with Crippen LogP contribution in [0.1, 0.15) is 48.9 Å². The Labute approximate surface area is 121 Å². The minimum Gasteiger partial charge on any atom is -0.375 e. The molecule has 1 aliphatic rings. The first-order chi connectivity index (χ1) is 9.30. The van der Waals surface area contributed by atoms with Crippen molar-refractivity contribution in [2.45, 2.75) is 47.1 Å². The van der Waals surface area contributed by atoms with E-state index in [1.54, 1.807) is 0 Å². The van der Waals surface area contributed by atoms with Crippen LogP contribution < -0.4 is 0 Å². The molecular formula is C17H25NO2. The number of ether oxygens (including phenoxy) is 1. The summed E-state index contributed by atoms with van der Waals surface area (Å²) in [6.07, 6.45) is 1.61. The minimum absolute atomic E-state index is 0.0607. The van der Waals surface area contributed by atoms with Crippen LogP contribution >= 0.6 is 0 Å². The second-order valence-corrected chi connectivity index (χ2v) is 6.75. The van der Waals surface area contributed by atoms with Gasteiger partial charge in [0.2, 0.25) is 0 Å². The molecule has 1 aliphatic carbocycles. The van der Waals surface area contributed by atoms with Gasteiger partial charge in [-0.25, -0.2) is 0 Å². The van der Waals surface area contributed by atoms with Crippen molar-refractivity contribution in [3.63, 3.8) is 0 Å². The Balaban J connectivity index is 2.14. The number of ketones is 1. The van der Waals surface area contributed by atoms with Crippen LogP contribution in [-0.2, 0) is 17.7 Å². The summed E-state index contributed by atoms with van der Waals surface area (Å²) in [6.45, 7) is 14.3. The molecule has 0 spiro atoms. The molecule has 1 aromatic rings. The van der Waals surface area contributed by atoms with Crippen molar-refractivity contribution in [2.75, 3.05) is 13.2 Å².